The minimum absolute atomic E-state index is 0.122. The van der Waals surface area contributed by atoms with Gasteiger partial charge in [-0.15, -0.1) is 0 Å². The molecular weight excluding hydrogens is 302 g/mol. The Bertz CT molecular complexity index is 678. The summed E-state index contributed by atoms with van der Waals surface area (Å²) in [6, 6.07) is 13.6. The molecule has 2 aromatic rings. The van der Waals surface area contributed by atoms with Gasteiger partial charge in [-0.1, -0.05) is 29.8 Å². The zero-order valence-corrected chi connectivity index (χ0v) is 12.5. The first-order valence-corrected chi connectivity index (χ1v) is 7.36. The van der Waals surface area contributed by atoms with Crippen LogP contribution in [0.3, 0.4) is 0 Å². The zero-order valence-electron chi connectivity index (χ0n) is 11.7. The second kappa shape index (κ2) is 6.36. The van der Waals surface area contributed by atoms with Crippen LogP contribution in [0.4, 0.5) is 5.69 Å². The van der Waals surface area contributed by atoms with Crippen LogP contribution in [-0.2, 0) is 4.79 Å². The number of phenols is 1. The molecule has 0 saturated carbocycles. The summed E-state index contributed by atoms with van der Waals surface area (Å²) in [5, 5.41) is 13.3. The van der Waals surface area contributed by atoms with E-state index < -0.39 is 0 Å². The van der Waals surface area contributed by atoms with Crippen LogP contribution in [0, 0.1) is 0 Å². The molecule has 1 aliphatic heterocycles. The van der Waals surface area contributed by atoms with Crippen molar-refractivity contribution in [2.24, 2.45) is 0 Å². The first-order chi connectivity index (χ1) is 10.6. The summed E-state index contributed by atoms with van der Waals surface area (Å²) in [6.45, 7) is 0. The van der Waals surface area contributed by atoms with E-state index in [1.165, 1.54) is 0 Å². The van der Waals surface area contributed by atoms with E-state index in [1.807, 2.05) is 30.3 Å². The number of aromatic hydroxyl groups is 1. The number of hydrazine groups is 1. The average Bonchev–Trinajstić information content (AvgIpc) is 3.00. The number of para-hydroxylation sites is 1. The van der Waals surface area contributed by atoms with Gasteiger partial charge < -0.3 is 10.4 Å². The van der Waals surface area contributed by atoms with Gasteiger partial charge in [0.1, 0.15) is 11.8 Å². The van der Waals surface area contributed by atoms with Crippen LogP contribution in [0.15, 0.2) is 48.5 Å². The minimum Gasteiger partial charge on any atom is -0.508 e. The number of carbonyl (C=O) groups is 1. The van der Waals surface area contributed by atoms with E-state index in [9.17, 15) is 9.90 Å². The fourth-order valence-corrected chi connectivity index (χ4v) is 2.67. The molecular formula is C16H16ClN3O2. The first-order valence-electron chi connectivity index (χ1n) is 6.99. The molecule has 2 unspecified atom stereocenters. The molecule has 4 N–H and O–H groups in total. The Morgan fingerprint density at radius 1 is 1.18 bits per heavy atom. The van der Waals surface area contributed by atoms with Gasteiger partial charge in [-0.2, -0.15) is 0 Å². The van der Waals surface area contributed by atoms with Gasteiger partial charge in [0.05, 0.1) is 6.04 Å². The first kappa shape index (κ1) is 14.8. The number of hydrogen-bond donors (Lipinski definition) is 4. The van der Waals surface area contributed by atoms with Crippen molar-refractivity contribution in [1.82, 2.24) is 10.9 Å². The third-order valence-electron chi connectivity index (χ3n) is 3.63. The van der Waals surface area contributed by atoms with Crippen molar-refractivity contribution in [2.75, 3.05) is 5.32 Å². The highest BCUT2D eigenvalue weighted by molar-refractivity contribution is 6.30. The standard InChI is InChI=1S/C16H16ClN3O2/c17-10-6-7-15(21)12(8-10)13-9-14(20-19-13)16(22)18-11-4-2-1-3-5-11/h1-8,13-14,19-21H,9H2,(H,18,22). The van der Waals surface area contributed by atoms with Crippen molar-refractivity contribution in [3.8, 4) is 5.75 Å². The molecule has 114 valence electrons. The van der Waals surface area contributed by atoms with Gasteiger partial charge in [0.2, 0.25) is 5.91 Å². The lowest BCUT2D eigenvalue weighted by Crippen LogP contribution is -2.39. The maximum atomic E-state index is 12.2. The lowest BCUT2D eigenvalue weighted by Gasteiger charge is -2.12. The number of benzene rings is 2. The molecule has 0 aromatic heterocycles. The van der Waals surface area contributed by atoms with Crippen molar-refractivity contribution in [2.45, 2.75) is 18.5 Å². The number of rotatable bonds is 3. The van der Waals surface area contributed by atoms with Crippen LogP contribution in [0.5, 0.6) is 5.75 Å². The third-order valence-corrected chi connectivity index (χ3v) is 3.86. The predicted molar refractivity (Wildman–Crippen MR) is 85.6 cm³/mol. The second-order valence-electron chi connectivity index (χ2n) is 5.19. The van der Waals surface area contributed by atoms with E-state index in [1.54, 1.807) is 18.2 Å². The Kier molecular flexibility index (Phi) is 4.29. The molecule has 0 radical (unpaired) electrons. The molecule has 1 saturated heterocycles. The Morgan fingerprint density at radius 3 is 2.73 bits per heavy atom. The number of hydrogen-bond acceptors (Lipinski definition) is 4. The minimum atomic E-state index is -0.386. The second-order valence-corrected chi connectivity index (χ2v) is 5.62. The lowest BCUT2D eigenvalue weighted by atomic mass is 10.0. The highest BCUT2D eigenvalue weighted by Gasteiger charge is 2.31. The summed E-state index contributed by atoms with van der Waals surface area (Å²) in [4.78, 5) is 12.2. The summed E-state index contributed by atoms with van der Waals surface area (Å²) >= 11 is 5.96. The zero-order chi connectivity index (χ0) is 15.5. The van der Waals surface area contributed by atoms with E-state index in [2.05, 4.69) is 16.2 Å². The van der Waals surface area contributed by atoms with Crippen LogP contribution < -0.4 is 16.2 Å². The molecule has 2 atom stereocenters. The maximum absolute atomic E-state index is 12.2. The highest BCUT2D eigenvalue weighted by Crippen LogP contribution is 2.31. The molecule has 5 nitrogen and oxygen atoms in total. The molecule has 6 heteroatoms. The number of nitrogens with one attached hydrogen (secondary N) is 3. The summed E-state index contributed by atoms with van der Waals surface area (Å²) in [7, 11) is 0. The van der Waals surface area contributed by atoms with E-state index in [0.29, 0.717) is 17.0 Å². The normalized spacial score (nSPS) is 20.8. The molecule has 0 aliphatic carbocycles. The fraction of sp³-hybridized carbons (Fsp3) is 0.188. The lowest BCUT2D eigenvalue weighted by molar-refractivity contribution is -0.117. The van der Waals surface area contributed by atoms with Crippen molar-refractivity contribution in [3.05, 3.63) is 59.1 Å². The van der Waals surface area contributed by atoms with E-state index in [4.69, 9.17) is 11.6 Å². The van der Waals surface area contributed by atoms with Gasteiger partial charge in [-0.3, -0.25) is 4.79 Å². The average molecular weight is 318 g/mol. The van der Waals surface area contributed by atoms with E-state index in [0.717, 1.165) is 5.69 Å². The molecule has 1 amide bonds. The van der Waals surface area contributed by atoms with Crippen LogP contribution >= 0.6 is 11.6 Å². The van der Waals surface area contributed by atoms with Crippen LogP contribution in [-0.4, -0.2) is 17.1 Å². The van der Waals surface area contributed by atoms with Gasteiger partial charge in [-0.05, 0) is 36.8 Å². The SMILES string of the molecule is O=C(Nc1ccccc1)C1CC(c2cc(Cl)ccc2O)NN1. The largest absolute Gasteiger partial charge is 0.508 e. The number of amides is 1. The summed E-state index contributed by atoms with van der Waals surface area (Å²) in [5.41, 5.74) is 7.41. The molecule has 2 aromatic carbocycles. The van der Waals surface area contributed by atoms with Gasteiger partial charge in [0, 0.05) is 16.3 Å². The topological polar surface area (TPSA) is 73.4 Å². The summed E-state index contributed by atoms with van der Waals surface area (Å²) in [6.07, 6.45) is 0.520. The molecule has 3 rings (SSSR count). The van der Waals surface area contributed by atoms with Crippen molar-refractivity contribution in [3.63, 3.8) is 0 Å². The van der Waals surface area contributed by atoms with Crippen molar-refractivity contribution in [1.29, 1.82) is 0 Å². The Hall–Kier alpha value is -2.08. The number of phenolic OH excluding ortho intramolecular Hbond substituents is 1. The van der Waals surface area contributed by atoms with Crippen molar-refractivity contribution >= 4 is 23.2 Å². The maximum Gasteiger partial charge on any atom is 0.242 e. The van der Waals surface area contributed by atoms with Gasteiger partial charge in [0.25, 0.3) is 0 Å². The number of halogens is 1. The third kappa shape index (κ3) is 3.22. The fourth-order valence-electron chi connectivity index (χ4n) is 2.49. The molecule has 22 heavy (non-hydrogen) atoms. The monoisotopic (exact) mass is 317 g/mol. The molecule has 1 heterocycles. The number of carbonyl (C=O) groups excluding carboxylic acids is 1. The van der Waals surface area contributed by atoms with Crippen LogP contribution in [0.2, 0.25) is 5.02 Å². The van der Waals surface area contributed by atoms with Crippen LogP contribution in [0.1, 0.15) is 18.0 Å². The summed E-state index contributed by atoms with van der Waals surface area (Å²) in [5.74, 6) is 0.0375. The number of anilines is 1. The van der Waals surface area contributed by atoms with Gasteiger partial charge in [-0.25, -0.2) is 10.9 Å². The van der Waals surface area contributed by atoms with Gasteiger partial charge in [0.15, 0.2) is 0 Å². The molecule has 0 spiro atoms. The van der Waals surface area contributed by atoms with Crippen LogP contribution in [0.25, 0.3) is 0 Å². The van der Waals surface area contributed by atoms with E-state index in [-0.39, 0.29) is 23.7 Å². The Balaban J connectivity index is 1.67. The Morgan fingerprint density at radius 2 is 1.95 bits per heavy atom. The summed E-state index contributed by atoms with van der Waals surface area (Å²) < 4.78 is 0. The Labute approximate surface area is 133 Å². The highest BCUT2D eigenvalue weighted by atomic mass is 35.5. The van der Waals surface area contributed by atoms with E-state index >= 15 is 0 Å². The smallest absolute Gasteiger partial charge is 0.242 e. The molecule has 0 bridgehead atoms. The predicted octanol–water partition coefficient (Wildman–Crippen LogP) is 2.59. The van der Waals surface area contributed by atoms with Gasteiger partial charge >= 0.3 is 0 Å². The quantitative estimate of drug-likeness (QED) is 0.702. The van der Waals surface area contributed by atoms with Crippen molar-refractivity contribution < 1.29 is 9.90 Å². The molecule has 1 aliphatic rings. The molecule has 1 fully saturated rings.